The van der Waals surface area contributed by atoms with Gasteiger partial charge >= 0.3 is 0 Å². The van der Waals surface area contributed by atoms with E-state index in [0.29, 0.717) is 11.8 Å². The van der Waals surface area contributed by atoms with Crippen LogP contribution < -0.4 is 0 Å². The van der Waals surface area contributed by atoms with Crippen molar-refractivity contribution in [3.8, 4) is 0 Å². The quantitative estimate of drug-likeness (QED) is 0.840. The van der Waals surface area contributed by atoms with E-state index in [1.807, 2.05) is 35.2 Å². The minimum absolute atomic E-state index is 0.152. The van der Waals surface area contributed by atoms with Gasteiger partial charge in [0.15, 0.2) is 0 Å². The Morgan fingerprint density at radius 3 is 2.95 bits per heavy atom. The molecule has 3 rings (SSSR count). The lowest BCUT2D eigenvalue weighted by atomic mass is 9.85. The standard InChI is InChI=1S/C18H22N2O/c1-3-14-12-20(11-9-13(14)2)18(21)16-8-10-19-17-7-5-4-6-15(16)17/h4-8,10,13-14H,3,9,11-12H2,1-2H3. The van der Waals surface area contributed by atoms with E-state index in [1.54, 1.807) is 6.20 Å². The van der Waals surface area contributed by atoms with Crippen LogP contribution in [0.15, 0.2) is 36.5 Å². The maximum Gasteiger partial charge on any atom is 0.254 e. The highest BCUT2D eigenvalue weighted by atomic mass is 16.2. The van der Waals surface area contributed by atoms with Crippen LogP contribution in [0.2, 0.25) is 0 Å². The molecule has 1 saturated heterocycles. The molecule has 0 N–H and O–H groups in total. The van der Waals surface area contributed by atoms with E-state index in [9.17, 15) is 4.79 Å². The zero-order valence-electron chi connectivity index (χ0n) is 12.7. The third-order valence-corrected chi connectivity index (χ3v) is 4.81. The molecule has 2 unspecified atom stereocenters. The molecule has 110 valence electrons. The van der Waals surface area contributed by atoms with Gasteiger partial charge in [0, 0.05) is 24.7 Å². The number of carbonyl (C=O) groups excluding carboxylic acids is 1. The van der Waals surface area contributed by atoms with Crippen LogP contribution in [0.3, 0.4) is 0 Å². The van der Waals surface area contributed by atoms with Gasteiger partial charge in [-0.05, 0) is 30.4 Å². The summed E-state index contributed by atoms with van der Waals surface area (Å²) in [7, 11) is 0. The van der Waals surface area contributed by atoms with Gasteiger partial charge in [0.1, 0.15) is 0 Å². The minimum atomic E-state index is 0.152. The second kappa shape index (κ2) is 5.84. The van der Waals surface area contributed by atoms with Crippen molar-refractivity contribution in [2.75, 3.05) is 13.1 Å². The summed E-state index contributed by atoms with van der Waals surface area (Å²) in [6.45, 7) is 6.27. The molecule has 1 aromatic carbocycles. The number of nitrogens with zero attached hydrogens (tertiary/aromatic N) is 2. The highest BCUT2D eigenvalue weighted by molar-refractivity contribution is 6.05. The third kappa shape index (κ3) is 2.65. The first-order valence-electron chi connectivity index (χ1n) is 7.83. The van der Waals surface area contributed by atoms with Crippen LogP contribution in [0.5, 0.6) is 0 Å². The van der Waals surface area contributed by atoms with Crippen LogP contribution in [0.1, 0.15) is 37.0 Å². The summed E-state index contributed by atoms with van der Waals surface area (Å²) in [6, 6.07) is 9.72. The number of amides is 1. The fourth-order valence-electron chi connectivity index (χ4n) is 3.32. The lowest BCUT2D eigenvalue weighted by Gasteiger charge is -2.36. The maximum atomic E-state index is 12.9. The highest BCUT2D eigenvalue weighted by Crippen LogP contribution is 2.27. The van der Waals surface area contributed by atoms with Gasteiger partial charge in [0.25, 0.3) is 5.91 Å². The number of carbonyl (C=O) groups is 1. The summed E-state index contributed by atoms with van der Waals surface area (Å²) in [6.07, 6.45) is 3.98. The number of para-hydroxylation sites is 1. The highest BCUT2D eigenvalue weighted by Gasteiger charge is 2.28. The first-order valence-corrected chi connectivity index (χ1v) is 7.83. The van der Waals surface area contributed by atoms with Crippen molar-refractivity contribution < 1.29 is 4.79 Å². The molecule has 3 heteroatoms. The van der Waals surface area contributed by atoms with Crippen LogP contribution >= 0.6 is 0 Å². The fourth-order valence-corrected chi connectivity index (χ4v) is 3.32. The van der Waals surface area contributed by atoms with Gasteiger partial charge in [-0.2, -0.15) is 0 Å². The Morgan fingerprint density at radius 2 is 2.14 bits per heavy atom. The molecule has 1 aliphatic rings. The van der Waals surface area contributed by atoms with Crippen molar-refractivity contribution >= 4 is 16.8 Å². The summed E-state index contributed by atoms with van der Waals surface area (Å²) in [5.74, 6) is 1.49. The predicted octanol–water partition coefficient (Wildman–Crippen LogP) is 3.74. The summed E-state index contributed by atoms with van der Waals surface area (Å²) < 4.78 is 0. The normalized spacial score (nSPS) is 22.5. The van der Waals surface area contributed by atoms with Gasteiger partial charge in [0.2, 0.25) is 0 Å². The van der Waals surface area contributed by atoms with E-state index >= 15 is 0 Å². The molecule has 0 aliphatic carbocycles. The first kappa shape index (κ1) is 14.1. The van der Waals surface area contributed by atoms with Crippen LogP contribution in [-0.2, 0) is 0 Å². The van der Waals surface area contributed by atoms with Crippen LogP contribution in [0.4, 0.5) is 0 Å². The molecular weight excluding hydrogens is 260 g/mol. The van der Waals surface area contributed by atoms with Gasteiger partial charge in [0.05, 0.1) is 11.1 Å². The molecule has 2 heterocycles. The second-order valence-corrected chi connectivity index (χ2v) is 6.06. The maximum absolute atomic E-state index is 12.9. The first-order chi connectivity index (χ1) is 10.2. The lowest BCUT2D eigenvalue weighted by Crippen LogP contribution is -2.43. The molecule has 2 aromatic rings. The van der Waals surface area contributed by atoms with E-state index in [2.05, 4.69) is 18.8 Å². The molecule has 2 atom stereocenters. The molecule has 3 nitrogen and oxygen atoms in total. The van der Waals surface area contributed by atoms with Crippen molar-refractivity contribution in [3.63, 3.8) is 0 Å². The van der Waals surface area contributed by atoms with Gasteiger partial charge in [-0.3, -0.25) is 9.78 Å². The summed E-state index contributed by atoms with van der Waals surface area (Å²) in [5.41, 5.74) is 1.67. The zero-order valence-corrected chi connectivity index (χ0v) is 12.7. The van der Waals surface area contributed by atoms with Crippen molar-refractivity contribution in [1.29, 1.82) is 0 Å². The second-order valence-electron chi connectivity index (χ2n) is 6.06. The Hall–Kier alpha value is -1.90. The van der Waals surface area contributed by atoms with Crippen LogP contribution in [-0.4, -0.2) is 28.9 Å². The smallest absolute Gasteiger partial charge is 0.254 e. The van der Waals surface area contributed by atoms with Gasteiger partial charge in [-0.1, -0.05) is 38.5 Å². The molecular formula is C18H22N2O. The molecule has 0 bridgehead atoms. The molecule has 21 heavy (non-hydrogen) atoms. The number of likely N-dealkylation sites (tertiary alicyclic amines) is 1. The number of aromatic nitrogens is 1. The van der Waals surface area contributed by atoms with E-state index < -0.39 is 0 Å². The van der Waals surface area contributed by atoms with Crippen molar-refractivity contribution in [2.45, 2.75) is 26.7 Å². The third-order valence-electron chi connectivity index (χ3n) is 4.81. The number of hydrogen-bond donors (Lipinski definition) is 0. The number of fused-ring (bicyclic) bond motifs is 1. The van der Waals surface area contributed by atoms with Gasteiger partial charge in [-0.15, -0.1) is 0 Å². The monoisotopic (exact) mass is 282 g/mol. The Kier molecular flexibility index (Phi) is 3.91. The van der Waals surface area contributed by atoms with Crippen molar-refractivity contribution in [1.82, 2.24) is 9.88 Å². The molecule has 1 aliphatic heterocycles. The van der Waals surface area contributed by atoms with Crippen molar-refractivity contribution in [3.05, 3.63) is 42.1 Å². The van der Waals surface area contributed by atoms with E-state index in [4.69, 9.17) is 0 Å². The molecule has 0 saturated carbocycles. The van der Waals surface area contributed by atoms with E-state index in [1.165, 1.54) is 0 Å². The number of pyridine rings is 1. The van der Waals surface area contributed by atoms with E-state index in [-0.39, 0.29) is 5.91 Å². The fraction of sp³-hybridized carbons (Fsp3) is 0.444. The topological polar surface area (TPSA) is 33.2 Å². The van der Waals surface area contributed by atoms with Crippen molar-refractivity contribution in [2.24, 2.45) is 11.8 Å². The summed E-state index contributed by atoms with van der Waals surface area (Å²) in [4.78, 5) is 19.2. The molecule has 0 spiro atoms. The Bertz CT molecular complexity index is 647. The summed E-state index contributed by atoms with van der Waals surface area (Å²) in [5, 5.41) is 0.955. The molecule has 1 fully saturated rings. The SMILES string of the molecule is CCC1CN(C(=O)c2ccnc3ccccc23)CCC1C. The molecule has 1 aromatic heterocycles. The lowest BCUT2D eigenvalue weighted by molar-refractivity contribution is 0.0607. The minimum Gasteiger partial charge on any atom is -0.338 e. The Morgan fingerprint density at radius 1 is 1.33 bits per heavy atom. The number of rotatable bonds is 2. The average Bonchev–Trinajstić information content (AvgIpc) is 2.54. The van der Waals surface area contributed by atoms with E-state index in [0.717, 1.165) is 42.4 Å². The largest absolute Gasteiger partial charge is 0.338 e. The molecule has 1 amide bonds. The Balaban J connectivity index is 1.90. The van der Waals surface area contributed by atoms with Gasteiger partial charge < -0.3 is 4.90 Å². The zero-order chi connectivity index (χ0) is 14.8. The average molecular weight is 282 g/mol. The summed E-state index contributed by atoms with van der Waals surface area (Å²) >= 11 is 0. The Labute approximate surface area is 126 Å². The number of hydrogen-bond acceptors (Lipinski definition) is 2. The molecule has 0 radical (unpaired) electrons. The number of benzene rings is 1. The predicted molar refractivity (Wildman–Crippen MR) is 85.2 cm³/mol. The van der Waals surface area contributed by atoms with Gasteiger partial charge in [-0.25, -0.2) is 0 Å². The van der Waals surface area contributed by atoms with Crippen LogP contribution in [0.25, 0.3) is 10.9 Å². The number of piperidine rings is 1. The van der Waals surface area contributed by atoms with Crippen LogP contribution in [0, 0.1) is 11.8 Å².